The molecule has 5 aromatic rings. The van der Waals surface area contributed by atoms with Crippen LogP contribution in [0.1, 0.15) is 70.2 Å². The van der Waals surface area contributed by atoms with E-state index in [9.17, 15) is 14.4 Å². The quantitative estimate of drug-likeness (QED) is 0.159. The van der Waals surface area contributed by atoms with Gasteiger partial charge in [-0.1, -0.05) is 44.0 Å². The highest BCUT2D eigenvalue weighted by molar-refractivity contribution is 7.17. The van der Waals surface area contributed by atoms with Crippen LogP contribution in [0, 0.1) is 5.41 Å². The lowest BCUT2D eigenvalue weighted by molar-refractivity contribution is 0.102. The first-order chi connectivity index (χ1) is 20.5. The molecule has 0 unspecified atom stereocenters. The van der Waals surface area contributed by atoms with Gasteiger partial charge < -0.3 is 15.2 Å². The maximum absolute atomic E-state index is 13.9. The molecule has 214 valence electrons. The summed E-state index contributed by atoms with van der Waals surface area (Å²) in [5, 5.41) is 15.7. The summed E-state index contributed by atoms with van der Waals surface area (Å²) >= 11 is 1.42. The Balaban J connectivity index is 1.44. The third kappa shape index (κ3) is 5.14. The Morgan fingerprint density at radius 1 is 1.00 bits per heavy atom. The number of benzene rings is 1. The number of rotatable bonds is 8. The topological polar surface area (TPSA) is 121 Å². The summed E-state index contributed by atoms with van der Waals surface area (Å²) in [6, 6.07) is 16.0. The molecule has 0 saturated heterocycles. The zero-order valence-electron chi connectivity index (χ0n) is 23.4. The van der Waals surface area contributed by atoms with Gasteiger partial charge >= 0.3 is 0 Å². The Labute approximate surface area is 246 Å². The molecule has 9 nitrogen and oxygen atoms in total. The minimum atomic E-state index is -0.531. The van der Waals surface area contributed by atoms with Crippen molar-refractivity contribution in [3.05, 3.63) is 98.2 Å². The van der Waals surface area contributed by atoms with Crippen molar-refractivity contribution < 1.29 is 9.59 Å². The van der Waals surface area contributed by atoms with Crippen LogP contribution in [-0.2, 0) is 19.4 Å². The number of para-hydroxylation sites is 1. The molecule has 0 aliphatic heterocycles. The summed E-state index contributed by atoms with van der Waals surface area (Å²) in [6.45, 7) is 2.55. The normalized spacial score (nSPS) is 12.8. The average Bonchev–Trinajstić information content (AvgIpc) is 3.37. The van der Waals surface area contributed by atoms with E-state index in [0.29, 0.717) is 34.1 Å². The van der Waals surface area contributed by atoms with Crippen LogP contribution in [0.5, 0.6) is 0 Å². The van der Waals surface area contributed by atoms with Crippen LogP contribution in [0.3, 0.4) is 0 Å². The Kier molecular flexibility index (Phi) is 7.71. The lowest BCUT2D eigenvalue weighted by atomic mass is 9.95. The average molecular weight is 581 g/mol. The second-order valence-corrected chi connectivity index (χ2v) is 11.6. The summed E-state index contributed by atoms with van der Waals surface area (Å²) in [7, 11) is 0. The Morgan fingerprint density at radius 3 is 2.60 bits per heavy atom. The molecule has 0 radical (unpaired) electrons. The van der Waals surface area contributed by atoms with E-state index in [1.54, 1.807) is 22.9 Å². The minimum absolute atomic E-state index is 0.0140. The number of carbonyl (C=O) groups is 2. The number of nitrogens with zero attached hydrogens (tertiary/aromatic N) is 3. The Morgan fingerprint density at radius 2 is 1.79 bits per heavy atom. The first kappa shape index (κ1) is 27.6. The van der Waals surface area contributed by atoms with E-state index in [1.165, 1.54) is 21.8 Å². The van der Waals surface area contributed by atoms with Crippen LogP contribution in [0.2, 0.25) is 0 Å². The van der Waals surface area contributed by atoms with Gasteiger partial charge in [-0.15, -0.1) is 11.3 Å². The zero-order valence-corrected chi connectivity index (χ0v) is 24.2. The number of amides is 2. The van der Waals surface area contributed by atoms with Gasteiger partial charge in [0.2, 0.25) is 0 Å². The predicted octanol–water partition coefficient (Wildman–Crippen LogP) is 5.76. The third-order valence-electron chi connectivity index (χ3n) is 7.71. The Bertz CT molecular complexity index is 1940. The fourth-order valence-electron chi connectivity index (χ4n) is 5.58. The van der Waals surface area contributed by atoms with Gasteiger partial charge in [-0.2, -0.15) is 0 Å². The van der Waals surface area contributed by atoms with Crippen LogP contribution in [0.15, 0.2) is 65.6 Å². The van der Waals surface area contributed by atoms with Crippen LogP contribution < -0.4 is 21.7 Å². The molecule has 6 rings (SSSR count). The molecular weight excluding hydrogens is 548 g/mol. The molecule has 10 heteroatoms. The van der Waals surface area contributed by atoms with Crippen LogP contribution in [0.4, 0.5) is 10.7 Å². The number of unbranched alkanes of at least 4 members (excludes halogenated alkanes) is 2. The summed E-state index contributed by atoms with van der Waals surface area (Å²) in [5.74, 6) is -0.805. The lowest BCUT2D eigenvalue weighted by Gasteiger charge is -2.15. The highest BCUT2D eigenvalue weighted by atomic mass is 32.1. The monoisotopic (exact) mass is 580 g/mol. The van der Waals surface area contributed by atoms with Gasteiger partial charge in [-0.3, -0.25) is 24.2 Å². The molecule has 42 heavy (non-hydrogen) atoms. The van der Waals surface area contributed by atoms with E-state index in [1.807, 2.05) is 36.4 Å². The van der Waals surface area contributed by atoms with Gasteiger partial charge in [0.25, 0.3) is 17.4 Å². The van der Waals surface area contributed by atoms with Gasteiger partial charge in [0, 0.05) is 23.3 Å². The molecule has 1 aliphatic carbocycles. The number of pyridine rings is 2. The van der Waals surface area contributed by atoms with Crippen molar-refractivity contribution in [2.45, 2.75) is 58.4 Å². The molecule has 3 N–H and O–H groups in total. The van der Waals surface area contributed by atoms with E-state index in [0.717, 1.165) is 55.4 Å². The molecule has 0 bridgehead atoms. The maximum atomic E-state index is 13.9. The predicted molar refractivity (Wildman–Crippen MR) is 166 cm³/mol. The van der Waals surface area contributed by atoms with Crippen molar-refractivity contribution >= 4 is 50.5 Å². The summed E-state index contributed by atoms with van der Waals surface area (Å²) in [5.41, 5.74) is 2.74. The largest absolute Gasteiger partial charge is 0.322 e. The zero-order chi connectivity index (χ0) is 29.2. The molecule has 0 spiro atoms. The van der Waals surface area contributed by atoms with Gasteiger partial charge in [0.05, 0.1) is 16.5 Å². The first-order valence-corrected chi connectivity index (χ1v) is 15.2. The number of nitrogens with one attached hydrogen (secondary N) is 3. The second-order valence-electron chi connectivity index (χ2n) is 10.5. The van der Waals surface area contributed by atoms with Crippen molar-refractivity contribution in [1.29, 1.82) is 5.41 Å². The van der Waals surface area contributed by atoms with Crippen LogP contribution in [-0.4, -0.2) is 25.8 Å². The number of hydrogen-bond acceptors (Lipinski definition) is 6. The van der Waals surface area contributed by atoms with E-state index in [2.05, 4.69) is 17.6 Å². The Hall–Kier alpha value is -4.57. The van der Waals surface area contributed by atoms with Crippen molar-refractivity contribution in [3.63, 3.8) is 0 Å². The number of hydrogen-bond donors (Lipinski definition) is 3. The van der Waals surface area contributed by atoms with Crippen LogP contribution in [0.25, 0.3) is 16.7 Å². The van der Waals surface area contributed by atoms with Gasteiger partial charge in [-0.05, 0) is 68.0 Å². The SMILES string of the molecule is CCCCCn1c(=N)c(C(=O)Nc2sc3c(c2C(=O)Nc2ccccc2)CCCC3)cc2c(=O)n3ccccc3nc21. The first-order valence-electron chi connectivity index (χ1n) is 14.4. The van der Waals surface area contributed by atoms with Gasteiger partial charge in [0.15, 0.2) is 0 Å². The van der Waals surface area contributed by atoms with E-state index < -0.39 is 5.91 Å². The molecule has 1 aliphatic rings. The van der Waals surface area contributed by atoms with E-state index in [-0.39, 0.29) is 27.9 Å². The van der Waals surface area contributed by atoms with Crippen molar-refractivity contribution in [1.82, 2.24) is 14.0 Å². The molecular formula is C32H32N6O3S. The number of aromatic nitrogens is 3. The fourth-order valence-corrected chi connectivity index (χ4v) is 6.86. The highest BCUT2D eigenvalue weighted by Crippen LogP contribution is 2.38. The van der Waals surface area contributed by atoms with Crippen molar-refractivity contribution in [2.24, 2.45) is 0 Å². The fraction of sp³-hybridized carbons (Fsp3) is 0.281. The summed E-state index contributed by atoms with van der Waals surface area (Å²) in [4.78, 5) is 46.8. The molecule has 0 atom stereocenters. The number of carbonyl (C=O) groups excluding carboxylic acids is 2. The van der Waals surface area contributed by atoms with Crippen molar-refractivity contribution in [2.75, 3.05) is 10.6 Å². The van der Waals surface area contributed by atoms with E-state index >= 15 is 0 Å². The minimum Gasteiger partial charge on any atom is -0.322 e. The second kappa shape index (κ2) is 11.7. The summed E-state index contributed by atoms with van der Waals surface area (Å²) in [6.07, 6.45) is 8.00. The molecule has 1 aromatic carbocycles. The summed E-state index contributed by atoms with van der Waals surface area (Å²) < 4.78 is 3.11. The molecule has 4 aromatic heterocycles. The number of thiophene rings is 1. The smallest absolute Gasteiger partial charge is 0.267 e. The number of anilines is 2. The van der Waals surface area contributed by atoms with Gasteiger partial charge in [-0.25, -0.2) is 4.98 Å². The number of aryl methyl sites for hydroxylation is 2. The third-order valence-corrected chi connectivity index (χ3v) is 8.91. The highest BCUT2D eigenvalue weighted by Gasteiger charge is 2.27. The van der Waals surface area contributed by atoms with Crippen molar-refractivity contribution in [3.8, 4) is 0 Å². The van der Waals surface area contributed by atoms with Crippen LogP contribution >= 0.6 is 11.3 Å². The number of fused-ring (bicyclic) bond motifs is 3. The van der Waals surface area contributed by atoms with Gasteiger partial charge in [0.1, 0.15) is 21.8 Å². The van der Waals surface area contributed by atoms with E-state index in [4.69, 9.17) is 10.4 Å². The lowest BCUT2D eigenvalue weighted by Crippen LogP contribution is -2.32. The maximum Gasteiger partial charge on any atom is 0.267 e. The molecule has 0 saturated carbocycles. The molecule has 4 heterocycles. The standard InChI is InChI=1S/C32H32N6O3S/c1-2-3-10-18-38-27(33)22(19-23-28(38)35-25-16-9-11-17-37(25)32(23)41)29(39)36-31-26(21-14-7-8-15-24(21)42-31)30(40)34-20-12-5-4-6-13-20/h4-6,9,11-13,16-17,19,33H,2-3,7-8,10,14-15,18H2,1H3,(H,34,40)(H,36,39). The molecule has 0 fully saturated rings. The molecule has 2 amide bonds.